The fraction of sp³-hybridized carbons (Fsp3) is 0.429. The summed E-state index contributed by atoms with van der Waals surface area (Å²) in [5.41, 5.74) is -0.147. The van der Waals surface area contributed by atoms with Crippen LogP contribution in [0.1, 0.15) is 30.6 Å². The Morgan fingerprint density at radius 2 is 2.19 bits per heavy atom. The second-order valence-corrected chi connectivity index (χ2v) is 4.23. The van der Waals surface area contributed by atoms with Crippen LogP contribution < -0.4 is 4.74 Å². The van der Waals surface area contributed by atoms with Crippen LogP contribution in [0, 0.1) is 21.4 Å². The smallest absolute Gasteiger partial charge is 0.311 e. The van der Waals surface area contributed by atoms with Crippen LogP contribution in [0.25, 0.3) is 0 Å². The van der Waals surface area contributed by atoms with Crippen molar-refractivity contribution in [2.24, 2.45) is 0 Å². The summed E-state index contributed by atoms with van der Waals surface area (Å²) in [6, 6.07) is 6.12. The molecule has 112 valence electrons. The lowest BCUT2D eigenvalue weighted by Gasteiger charge is -2.20. The van der Waals surface area contributed by atoms with Crippen LogP contribution in [0.4, 0.5) is 5.69 Å². The second kappa shape index (κ2) is 7.85. The molecular formula is C14H17N3O4. The van der Waals surface area contributed by atoms with Gasteiger partial charge in [-0.1, -0.05) is 13.0 Å². The van der Waals surface area contributed by atoms with Crippen molar-refractivity contribution in [3.8, 4) is 11.8 Å². The molecule has 7 heteroatoms. The Kier molecular flexibility index (Phi) is 6.14. The van der Waals surface area contributed by atoms with Crippen LogP contribution in [0.2, 0.25) is 0 Å². The van der Waals surface area contributed by atoms with Crippen LogP contribution >= 0.6 is 0 Å². The molecule has 1 amide bonds. The molecule has 0 spiro atoms. The lowest BCUT2D eigenvalue weighted by molar-refractivity contribution is -0.385. The molecule has 0 bridgehead atoms. The first kappa shape index (κ1) is 16.4. The molecule has 0 aliphatic heterocycles. The number of nitro benzene ring substituents is 1. The fourth-order valence-electron chi connectivity index (χ4n) is 1.91. The summed E-state index contributed by atoms with van der Waals surface area (Å²) in [7, 11) is 0. The first-order valence-corrected chi connectivity index (χ1v) is 6.63. The maximum absolute atomic E-state index is 12.5. The Bertz CT molecular complexity index is 566. The van der Waals surface area contributed by atoms with E-state index in [-0.39, 0.29) is 30.2 Å². The van der Waals surface area contributed by atoms with Crippen molar-refractivity contribution >= 4 is 11.6 Å². The molecule has 0 radical (unpaired) electrons. The average molecular weight is 291 g/mol. The summed E-state index contributed by atoms with van der Waals surface area (Å²) in [6.07, 6.45) is 0.687. The fourth-order valence-corrected chi connectivity index (χ4v) is 1.91. The molecule has 0 aromatic heterocycles. The van der Waals surface area contributed by atoms with Gasteiger partial charge in [0.2, 0.25) is 5.75 Å². The van der Waals surface area contributed by atoms with E-state index < -0.39 is 10.8 Å². The Balaban J connectivity index is 3.27. The molecule has 1 aromatic rings. The summed E-state index contributed by atoms with van der Waals surface area (Å²) in [5.74, 6) is -0.486. The molecule has 0 aliphatic rings. The van der Waals surface area contributed by atoms with Crippen molar-refractivity contribution in [2.45, 2.75) is 20.3 Å². The van der Waals surface area contributed by atoms with E-state index in [1.54, 1.807) is 6.92 Å². The summed E-state index contributed by atoms with van der Waals surface area (Å²) < 4.78 is 5.28. The van der Waals surface area contributed by atoms with Crippen LogP contribution in [-0.2, 0) is 0 Å². The van der Waals surface area contributed by atoms with Gasteiger partial charge in [0.1, 0.15) is 6.54 Å². The SMILES string of the molecule is CCCN(CC#N)C(=O)c1cccc([N+](=O)[O-])c1OCC. The number of hydrogen-bond donors (Lipinski definition) is 0. The van der Waals surface area contributed by atoms with Gasteiger partial charge >= 0.3 is 5.69 Å². The van der Waals surface area contributed by atoms with Crippen LogP contribution in [0.5, 0.6) is 5.75 Å². The van der Waals surface area contributed by atoms with E-state index in [9.17, 15) is 14.9 Å². The number of nitro groups is 1. The van der Waals surface area contributed by atoms with Gasteiger partial charge < -0.3 is 9.64 Å². The number of hydrogen-bond acceptors (Lipinski definition) is 5. The number of ether oxygens (including phenoxy) is 1. The molecule has 1 rings (SSSR count). The Hall–Kier alpha value is -2.62. The maximum Gasteiger partial charge on any atom is 0.311 e. The van der Waals surface area contributed by atoms with E-state index in [1.165, 1.54) is 23.1 Å². The molecule has 7 nitrogen and oxygen atoms in total. The standard InChI is InChI=1S/C14H17N3O4/c1-3-9-16(10-8-15)14(18)11-6-5-7-12(17(19)20)13(11)21-4-2/h5-7H,3-4,9-10H2,1-2H3. The minimum absolute atomic E-state index is 0.0472. The van der Waals surface area contributed by atoms with Crippen molar-refractivity contribution < 1.29 is 14.5 Å². The number of nitriles is 1. The largest absolute Gasteiger partial charge is 0.487 e. The van der Waals surface area contributed by atoms with Gasteiger partial charge in [-0.15, -0.1) is 0 Å². The zero-order valence-corrected chi connectivity index (χ0v) is 12.0. The highest BCUT2D eigenvalue weighted by atomic mass is 16.6. The number of nitrogens with zero attached hydrogens (tertiary/aromatic N) is 3. The van der Waals surface area contributed by atoms with Crippen molar-refractivity contribution in [3.05, 3.63) is 33.9 Å². The van der Waals surface area contributed by atoms with Crippen molar-refractivity contribution in [1.82, 2.24) is 4.90 Å². The summed E-state index contributed by atoms with van der Waals surface area (Å²) >= 11 is 0. The Morgan fingerprint density at radius 3 is 2.71 bits per heavy atom. The zero-order chi connectivity index (χ0) is 15.8. The highest BCUT2D eigenvalue weighted by Crippen LogP contribution is 2.31. The van der Waals surface area contributed by atoms with Gasteiger partial charge in [0.25, 0.3) is 5.91 Å². The van der Waals surface area contributed by atoms with Crippen LogP contribution in [0.3, 0.4) is 0 Å². The molecule has 0 N–H and O–H groups in total. The Labute approximate surface area is 122 Å². The number of benzene rings is 1. The predicted octanol–water partition coefficient (Wildman–Crippen LogP) is 2.37. The maximum atomic E-state index is 12.5. The molecule has 0 fully saturated rings. The van der Waals surface area contributed by atoms with E-state index in [0.717, 1.165) is 0 Å². The number of carbonyl (C=O) groups excluding carboxylic acids is 1. The van der Waals surface area contributed by atoms with Gasteiger partial charge in [-0.25, -0.2) is 0 Å². The van der Waals surface area contributed by atoms with E-state index in [1.807, 2.05) is 13.0 Å². The molecule has 0 unspecified atom stereocenters. The van der Waals surface area contributed by atoms with E-state index in [4.69, 9.17) is 10.00 Å². The van der Waals surface area contributed by atoms with E-state index >= 15 is 0 Å². The first-order valence-electron chi connectivity index (χ1n) is 6.63. The topological polar surface area (TPSA) is 96.5 Å². The number of para-hydroxylation sites is 1. The third-order valence-corrected chi connectivity index (χ3v) is 2.75. The average Bonchev–Trinajstić information content (AvgIpc) is 2.46. The van der Waals surface area contributed by atoms with Gasteiger partial charge in [0.05, 0.1) is 23.2 Å². The summed E-state index contributed by atoms with van der Waals surface area (Å²) in [6.45, 7) is 4.11. The van der Waals surface area contributed by atoms with Crippen LogP contribution in [0.15, 0.2) is 18.2 Å². The minimum atomic E-state index is -0.587. The van der Waals surface area contributed by atoms with Crippen molar-refractivity contribution in [2.75, 3.05) is 19.7 Å². The van der Waals surface area contributed by atoms with E-state index in [2.05, 4.69) is 0 Å². The number of amides is 1. The molecule has 1 aromatic carbocycles. The molecule has 0 saturated carbocycles. The number of rotatable bonds is 7. The molecule has 0 saturated heterocycles. The zero-order valence-electron chi connectivity index (χ0n) is 12.0. The van der Waals surface area contributed by atoms with Gasteiger partial charge in [0.15, 0.2) is 0 Å². The quantitative estimate of drug-likeness (QED) is 0.436. The van der Waals surface area contributed by atoms with E-state index in [0.29, 0.717) is 13.0 Å². The Morgan fingerprint density at radius 1 is 1.48 bits per heavy atom. The van der Waals surface area contributed by atoms with Crippen LogP contribution in [-0.4, -0.2) is 35.4 Å². The predicted molar refractivity (Wildman–Crippen MR) is 76.1 cm³/mol. The molecule has 21 heavy (non-hydrogen) atoms. The minimum Gasteiger partial charge on any atom is -0.487 e. The monoisotopic (exact) mass is 291 g/mol. The molecule has 0 atom stereocenters. The van der Waals surface area contributed by atoms with Crippen molar-refractivity contribution in [1.29, 1.82) is 5.26 Å². The molecule has 0 aliphatic carbocycles. The lowest BCUT2D eigenvalue weighted by atomic mass is 10.1. The summed E-state index contributed by atoms with van der Waals surface area (Å²) in [5, 5.41) is 19.8. The number of carbonyl (C=O) groups is 1. The second-order valence-electron chi connectivity index (χ2n) is 4.23. The third-order valence-electron chi connectivity index (χ3n) is 2.75. The molecular weight excluding hydrogens is 274 g/mol. The van der Waals surface area contributed by atoms with Gasteiger partial charge in [-0.2, -0.15) is 5.26 Å². The normalized spacial score (nSPS) is 9.76. The van der Waals surface area contributed by atoms with Gasteiger partial charge in [-0.3, -0.25) is 14.9 Å². The first-order chi connectivity index (χ1) is 10.1. The molecule has 0 heterocycles. The third kappa shape index (κ3) is 3.92. The van der Waals surface area contributed by atoms with Gasteiger partial charge in [-0.05, 0) is 19.4 Å². The highest BCUT2D eigenvalue weighted by Gasteiger charge is 2.25. The van der Waals surface area contributed by atoms with Crippen molar-refractivity contribution in [3.63, 3.8) is 0 Å². The summed E-state index contributed by atoms with van der Waals surface area (Å²) in [4.78, 5) is 24.3. The van der Waals surface area contributed by atoms with Gasteiger partial charge in [0, 0.05) is 12.6 Å². The highest BCUT2D eigenvalue weighted by molar-refractivity contribution is 5.98. The lowest BCUT2D eigenvalue weighted by Crippen LogP contribution is -2.32.